The summed E-state index contributed by atoms with van der Waals surface area (Å²) in [6.45, 7) is 2.09. The van der Waals surface area contributed by atoms with E-state index in [0.29, 0.717) is 11.0 Å². The molecule has 0 saturated carbocycles. The number of amides is 1. The average Bonchev–Trinajstić information content (AvgIpc) is 2.65. The molecule has 0 aliphatic rings. The molecular formula is C19H20N4O2. The molecule has 1 atom stereocenters. The van der Waals surface area contributed by atoms with Crippen LogP contribution < -0.4 is 10.9 Å². The van der Waals surface area contributed by atoms with Gasteiger partial charge in [0.05, 0.1) is 17.1 Å². The van der Waals surface area contributed by atoms with E-state index in [4.69, 9.17) is 0 Å². The number of fused-ring (bicyclic) bond motifs is 1. The first kappa shape index (κ1) is 16.8. The number of nitrogens with one attached hydrogen (secondary N) is 2. The highest BCUT2D eigenvalue weighted by atomic mass is 16.2. The van der Waals surface area contributed by atoms with Crippen LogP contribution in [0.15, 0.2) is 53.6 Å². The van der Waals surface area contributed by atoms with Gasteiger partial charge in [0.15, 0.2) is 5.69 Å². The summed E-state index contributed by atoms with van der Waals surface area (Å²) in [4.78, 5) is 35.9. The predicted octanol–water partition coefficient (Wildman–Crippen LogP) is 2.98. The number of benzene rings is 1. The number of aromatic nitrogens is 3. The quantitative estimate of drug-likeness (QED) is 0.724. The maximum absolute atomic E-state index is 12.6. The Morgan fingerprint density at radius 3 is 2.84 bits per heavy atom. The van der Waals surface area contributed by atoms with Gasteiger partial charge in [-0.05, 0) is 30.2 Å². The van der Waals surface area contributed by atoms with Crippen LogP contribution in [0.5, 0.6) is 0 Å². The number of unbranched alkanes of at least 4 members (excludes halogenated alkanes) is 1. The molecule has 1 amide bonds. The summed E-state index contributed by atoms with van der Waals surface area (Å²) >= 11 is 0. The second-order valence-corrected chi connectivity index (χ2v) is 5.89. The van der Waals surface area contributed by atoms with Gasteiger partial charge in [-0.15, -0.1) is 0 Å². The largest absolute Gasteiger partial charge is 0.344 e. The van der Waals surface area contributed by atoms with Crippen molar-refractivity contribution < 1.29 is 4.79 Å². The van der Waals surface area contributed by atoms with Crippen LogP contribution in [0.4, 0.5) is 0 Å². The minimum absolute atomic E-state index is 0.121. The Balaban J connectivity index is 1.88. The summed E-state index contributed by atoms with van der Waals surface area (Å²) in [6, 6.07) is 10.7. The molecule has 128 valence electrons. The molecule has 0 aliphatic carbocycles. The second-order valence-electron chi connectivity index (χ2n) is 5.89. The molecule has 0 fully saturated rings. The van der Waals surface area contributed by atoms with E-state index in [0.717, 1.165) is 24.8 Å². The van der Waals surface area contributed by atoms with E-state index >= 15 is 0 Å². The van der Waals surface area contributed by atoms with Crippen molar-refractivity contribution in [1.82, 2.24) is 20.3 Å². The van der Waals surface area contributed by atoms with Crippen molar-refractivity contribution in [3.8, 4) is 0 Å². The molecule has 0 spiro atoms. The lowest BCUT2D eigenvalue weighted by Gasteiger charge is -2.18. The lowest BCUT2D eigenvalue weighted by atomic mass is 10.0. The van der Waals surface area contributed by atoms with Gasteiger partial charge in [-0.3, -0.25) is 14.6 Å². The third-order valence-electron chi connectivity index (χ3n) is 4.05. The Morgan fingerprint density at radius 2 is 2.08 bits per heavy atom. The molecule has 2 aromatic heterocycles. The summed E-state index contributed by atoms with van der Waals surface area (Å²) in [5.41, 5.74) is 1.50. The van der Waals surface area contributed by atoms with Gasteiger partial charge in [0.25, 0.3) is 11.5 Å². The fourth-order valence-electron chi connectivity index (χ4n) is 2.72. The van der Waals surface area contributed by atoms with Crippen LogP contribution in [-0.2, 0) is 0 Å². The van der Waals surface area contributed by atoms with Gasteiger partial charge in [-0.2, -0.15) is 0 Å². The Labute approximate surface area is 145 Å². The van der Waals surface area contributed by atoms with Gasteiger partial charge in [0.2, 0.25) is 0 Å². The zero-order valence-electron chi connectivity index (χ0n) is 14.0. The van der Waals surface area contributed by atoms with Gasteiger partial charge in [0, 0.05) is 12.4 Å². The minimum Gasteiger partial charge on any atom is -0.344 e. The molecule has 6 nitrogen and oxygen atoms in total. The fourth-order valence-corrected chi connectivity index (χ4v) is 2.72. The number of pyridine rings is 1. The summed E-state index contributed by atoms with van der Waals surface area (Å²) in [5, 5.41) is 2.93. The lowest BCUT2D eigenvalue weighted by Crippen LogP contribution is -2.34. The van der Waals surface area contributed by atoms with Crippen LogP contribution in [0.2, 0.25) is 0 Å². The number of H-pyrrole nitrogens is 1. The molecule has 3 rings (SSSR count). The van der Waals surface area contributed by atoms with Crippen molar-refractivity contribution in [2.45, 2.75) is 32.2 Å². The maximum atomic E-state index is 12.6. The number of para-hydroxylation sites is 2. The Bertz CT molecular complexity index is 921. The van der Waals surface area contributed by atoms with E-state index in [2.05, 4.69) is 27.2 Å². The Hall–Kier alpha value is -3.02. The van der Waals surface area contributed by atoms with Crippen LogP contribution >= 0.6 is 0 Å². The van der Waals surface area contributed by atoms with Crippen molar-refractivity contribution in [1.29, 1.82) is 0 Å². The van der Waals surface area contributed by atoms with Crippen molar-refractivity contribution in [3.63, 3.8) is 0 Å². The second kappa shape index (κ2) is 7.70. The van der Waals surface area contributed by atoms with Crippen LogP contribution in [0.1, 0.15) is 48.3 Å². The van der Waals surface area contributed by atoms with E-state index in [1.165, 1.54) is 0 Å². The van der Waals surface area contributed by atoms with E-state index < -0.39 is 11.5 Å². The summed E-state index contributed by atoms with van der Waals surface area (Å²) in [6.07, 6.45) is 6.18. The highest BCUT2D eigenvalue weighted by Crippen LogP contribution is 2.19. The molecule has 1 aromatic carbocycles. The van der Waals surface area contributed by atoms with Gasteiger partial charge in [-0.1, -0.05) is 38.0 Å². The molecule has 0 bridgehead atoms. The predicted molar refractivity (Wildman–Crippen MR) is 96.3 cm³/mol. The summed E-state index contributed by atoms with van der Waals surface area (Å²) in [5.74, 6) is -0.475. The van der Waals surface area contributed by atoms with Crippen molar-refractivity contribution in [3.05, 3.63) is 70.4 Å². The number of carbonyl (C=O) groups excluding carboxylic acids is 1. The summed E-state index contributed by atoms with van der Waals surface area (Å²) in [7, 11) is 0. The first-order valence-corrected chi connectivity index (χ1v) is 8.39. The molecular weight excluding hydrogens is 316 g/mol. The molecule has 25 heavy (non-hydrogen) atoms. The molecule has 6 heteroatoms. The SMILES string of the molecule is CCCC[C@@H](NC(=O)c1nc2ccccc2[nH]c1=O)c1cccnc1. The fraction of sp³-hybridized carbons (Fsp3) is 0.263. The van der Waals surface area contributed by atoms with Crippen LogP contribution in [-0.4, -0.2) is 20.9 Å². The molecule has 2 heterocycles. The summed E-state index contributed by atoms with van der Waals surface area (Å²) < 4.78 is 0. The van der Waals surface area contributed by atoms with E-state index in [1.807, 2.05) is 24.3 Å². The molecule has 3 aromatic rings. The third-order valence-corrected chi connectivity index (χ3v) is 4.05. The number of hydrogen-bond acceptors (Lipinski definition) is 4. The van der Waals surface area contributed by atoms with Crippen molar-refractivity contribution in [2.24, 2.45) is 0 Å². The topological polar surface area (TPSA) is 87.7 Å². The normalized spacial score (nSPS) is 12.0. The van der Waals surface area contributed by atoms with Crippen molar-refractivity contribution in [2.75, 3.05) is 0 Å². The van der Waals surface area contributed by atoms with Crippen molar-refractivity contribution >= 4 is 16.9 Å². The highest BCUT2D eigenvalue weighted by Gasteiger charge is 2.19. The number of nitrogens with zero attached hydrogens (tertiary/aromatic N) is 2. The van der Waals surface area contributed by atoms with E-state index in [-0.39, 0.29) is 11.7 Å². The molecule has 0 aliphatic heterocycles. The molecule has 2 N–H and O–H groups in total. The van der Waals surface area contributed by atoms with Crippen LogP contribution in [0, 0.1) is 0 Å². The van der Waals surface area contributed by atoms with Gasteiger partial charge in [-0.25, -0.2) is 4.98 Å². The zero-order valence-corrected chi connectivity index (χ0v) is 14.0. The molecule has 0 unspecified atom stereocenters. The highest BCUT2D eigenvalue weighted by molar-refractivity contribution is 5.93. The number of aromatic amines is 1. The first-order chi connectivity index (χ1) is 12.2. The van der Waals surface area contributed by atoms with Gasteiger partial charge >= 0.3 is 0 Å². The maximum Gasteiger partial charge on any atom is 0.280 e. The standard InChI is InChI=1S/C19H20N4O2/c1-2-3-8-14(13-7-6-11-20-12-13)22-18(24)17-19(25)23-16-10-5-4-9-15(16)21-17/h4-7,9-12,14H,2-3,8H2,1H3,(H,22,24)(H,23,25)/t14-/m1/s1. The minimum atomic E-state index is -0.489. The van der Waals surface area contributed by atoms with Gasteiger partial charge in [0.1, 0.15) is 0 Å². The first-order valence-electron chi connectivity index (χ1n) is 8.39. The van der Waals surface area contributed by atoms with E-state index in [1.54, 1.807) is 24.5 Å². The average molecular weight is 336 g/mol. The number of hydrogen-bond donors (Lipinski definition) is 2. The lowest BCUT2D eigenvalue weighted by molar-refractivity contribution is 0.0927. The van der Waals surface area contributed by atoms with E-state index in [9.17, 15) is 9.59 Å². The number of rotatable bonds is 6. The van der Waals surface area contributed by atoms with Gasteiger partial charge < -0.3 is 10.3 Å². The number of carbonyl (C=O) groups is 1. The van der Waals surface area contributed by atoms with Crippen LogP contribution in [0.25, 0.3) is 11.0 Å². The molecule has 0 saturated heterocycles. The smallest absolute Gasteiger partial charge is 0.280 e. The third kappa shape index (κ3) is 3.91. The Morgan fingerprint density at radius 1 is 1.24 bits per heavy atom. The Kier molecular flexibility index (Phi) is 5.18. The molecule has 0 radical (unpaired) electrons. The van der Waals surface area contributed by atoms with Crippen LogP contribution in [0.3, 0.4) is 0 Å². The monoisotopic (exact) mass is 336 g/mol. The zero-order chi connectivity index (χ0) is 17.6.